The van der Waals surface area contributed by atoms with Crippen molar-refractivity contribution in [3.63, 3.8) is 0 Å². The fraction of sp³-hybridized carbons (Fsp3) is 0.333. The van der Waals surface area contributed by atoms with E-state index in [0.717, 1.165) is 23.0 Å². The number of rotatable bonds is 7. The number of nitrogens with zero attached hydrogens (tertiary/aromatic N) is 2. The van der Waals surface area contributed by atoms with E-state index in [1.165, 1.54) is 16.8 Å². The first-order valence-electron chi connectivity index (χ1n) is 10.1. The topological polar surface area (TPSA) is 53.9 Å². The summed E-state index contributed by atoms with van der Waals surface area (Å²) in [5.41, 5.74) is 7.15. The Morgan fingerprint density at radius 2 is 1.97 bits per heavy atom. The summed E-state index contributed by atoms with van der Waals surface area (Å²) in [5, 5.41) is 4.08. The van der Waals surface area contributed by atoms with Crippen LogP contribution in [0.15, 0.2) is 58.1 Å². The number of nitrogens with one attached hydrogen (secondary N) is 1. The van der Waals surface area contributed by atoms with Gasteiger partial charge in [0.05, 0.1) is 11.8 Å². The highest BCUT2D eigenvalue weighted by Gasteiger charge is 2.30. The lowest BCUT2D eigenvalue weighted by Gasteiger charge is -2.43. The van der Waals surface area contributed by atoms with Crippen LogP contribution in [-0.4, -0.2) is 30.8 Å². The average Bonchev–Trinajstić information content (AvgIpc) is 2.70. The largest absolute Gasteiger partial charge is 0.484 e. The predicted octanol–water partition coefficient (Wildman–Crippen LogP) is 5.39. The minimum atomic E-state index is -0.306. The van der Waals surface area contributed by atoms with Gasteiger partial charge in [-0.3, -0.25) is 4.79 Å². The first-order valence-corrected chi connectivity index (χ1v) is 10.9. The second-order valence-corrected chi connectivity index (χ2v) is 8.86. The molecule has 2 aromatic carbocycles. The molecule has 1 aliphatic rings. The highest BCUT2D eigenvalue weighted by Crippen LogP contribution is 2.39. The molecular weight excluding hydrogens is 442 g/mol. The highest BCUT2D eigenvalue weighted by molar-refractivity contribution is 9.10. The molecule has 6 heteroatoms. The van der Waals surface area contributed by atoms with Gasteiger partial charge in [0.15, 0.2) is 6.61 Å². The van der Waals surface area contributed by atoms with Crippen LogP contribution in [-0.2, 0) is 4.79 Å². The molecule has 1 amide bonds. The molecular formula is C24H28BrN3O2. The molecule has 0 aromatic heterocycles. The molecule has 1 N–H and O–H groups in total. The maximum Gasteiger partial charge on any atom is 0.277 e. The zero-order valence-electron chi connectivity index (χ0n) is 17.9. The lowest BCUT2D eigenvalue weighted by Crippen LogP contribution is -2.45. The van der Waals surface area contributed by atoms with Gasteiger partial charge in [-0.25, -0.2) is 5.43 Å². The lowest BCUT2D eigenvalue weighted by molar-refractivity contribution is -0.123. The van der Waals surface area contributed by atoms with Gasteiger partial charge in [0.25, 0.3) is 5.91 Å². The minimum absolute atomic E-state index is 0.00842. The molecule has 5 nitrogen and oxygen atoms in total. The SMILES string of the molecule is CCCN1c2ccc(/C=N\NC(=O)COc3ccc(Br)cc3)cc2C(C)=CC1(C)C. The molecule has 2 aromatic rings. The van der Waals surface area contributed by atoms with Gasteiger partial charge in [0, 0.05) is 22.3 Å². The van der Waals surface area contributed by atoms with Crippen LogP contribution in [0.4, 0.5) is 5.69 Å². The molecule has 0 fully saturated rings. The van der Waals surface area contributed by atoms with E-state index < -0.39 is 0 Å². The normalized spacial score (nSPS) is 15.0. The fourth-order valence-corrected chi connectivity index (χ4v) is 3.97. The van der Waals surface area contributed by atoms with Gasteiger partial charge in [-0.05, 0) is 74.7 Å². The van der Waals surface area contributed by atoms with Crippen molar-refractivity contribution >= 4 is 39.3 Å². The summed E-state index contributed by atoms with van der Waals surface area (Å²) in [7, 11) is 0. The van der Waals surface area contributed by atoms with Crippen molar-refractivity contribution in [2.75, 3.05) is 18.1 Å². The van der Waals surface area contributed by atoms with Crippen LogP contribution < -0.4 is 15.1 Å². The Balaban J connectivity index is 1.63. The van der Waals surface area contributed by atoms with E-state index in [2.05, 4.69) is 77.3 Å². The number of ether oxygens (including phenoxy) is 1. The number of anilines is 1. The predicted molar refractivity (Wildman–Crippen MR) is 127 cm³/mol. The van der Waals surface area contributed by atoms with Gasteiger partial charge in [0.2, 0.25) is 0 Å². The van der Waals surface area contributed by atoms with Crippen LogP contribution in [0.1, 0.15) is 45.2 Å². The first kappa shape index (κ1) is 22.1. The first-order chi connectivity index (χ1) is 14.3. The maximum absolute atomic E-state index is 12.0. The second-order valence-electron chi connectivity index (χ2n) is 7.95. The van der Waals surface area contributed by atoms with E-state index in [9.17, 15) is 4.79 Å². The number of hydrazone groups is 1. The number of fused-ring (bicyclic) bond motifs is 1. The van der Waals surface area contributed by atoms with Crippen LogP contribution in [0.25, 0.3) is 5.57 Å². The summed E-state index contributed by atoms with van der Waals surface area (Å²) >= 11 is 3.36. The molecule has 0 saturated heterocycles. The number of amides is 1. The maximum atomic E-state index is 12.0. The Morgan fingerprint density at radius 3 is 2.67 bits per heavy atom. The molecule has 0 atom stereocenters. The van der Waals surface area contributed by atoms with Crippen molar-refractivity contribution in [3.8, 4) is 5.75 Å². The third-order valence-corrected chi connectivity index (χ3v) is 5.56. The fourth-order valence-electron chi connectivity index (χ4n) is 3.70. The van der Waals surface area contributed by atoms with Gasteiger partial charge >= 0.3 is 0 Å². The van der Waals surface area contributed by atoms with Crippen molar-refractivity contribution in [2.45, 2.75) is 39.7 Å². The van der Waals surface area contributed by atoms with Crippen molar-refractivity contribution < 1.29 is 9.53 Å². The quantitative estimate of drug-likeness (QED) is 0.436. The number of benzene rings is 2. The monoisotopic (exact) mass is 469 g/mol. The van der Waals surface area contributed by atoms with Crippen molar-refractivity contribution in [3.05, 3.63) is 64.1 Å². The Morgan fingerprint density at radius 1 is 1.23 bits per heavy atom. The second kappa shape index (κ2) is 9.47. The number of carbonyl (C=O) groups excluding carboxylic acids is 1. The highest BCUT2D eigenvalue weighted by atomic mass is 79.9. The third kappa shape index (κ3) is 5.30. The Bertz CT molecular complexity index is 965. The van der Waals surface area contributed by atoms with Crippen LogP contribution in [0.2, 0.25) is 0 Å². The van der Waals surface area contributed by atoms with Gasteiger partial charge in [0.1, 0.15) is 5.75 Å². The summed E-state index contributed by atoms with van der Waals surface area (Å²) in [6.45, 7) is 9.75. The van der Waals surface area contributed by atoms with Crippen LogP contribution in [0.5, 0.6) is 5.75 Å². The molecule has 1 aliphatic heterocycles. The van der Waals surface area contributed by atoms with Crippen LogP contribution in [0.3, 0.4) is 0 Å². The number of hydrogen-bond donors (Lipinski definition) is 1. The molecule has 0 bridgehead atoms. The Kier molecular flexibility index (Phi) is 6.98. The number of allylic oxidation sites excluding steroid dienone is 1. The van der Waals surface area contributed by atoms with E-state index in [-0.39, 0.29) is 18.1 Å². The average molecular weight is 470 g/mol. The zero-order chi connectivity index (χ0) is 21.7. The van der Waals surface area contributed by atoms with Crippen LogP contribution >= 0.6 is 15.9 Å². The van der Waals surface area contributed by atoms with Gasteiger partial charge in [-0.1, -0.05) is 35.0 Å². The summed E-state index contributed by atoms with van der Waals surface area (Å²) in [5.74, 6) is 0.327. The molecule has 1 heterocycles. The van der Waals surface area contributed by atoms with E-state index in [1.54, 1.807) is 18.3 Å². The standard InChI is InChI=1S/C24H28BrN3O2/c1-5-12-28-22-11-6-18(13-21(22)17(2)14-24(28,3)4)15-26-27-23(29)16-30-20-9-7-19(25)8-10-20/h6-11,13-15H,5,12,16H2,1-4H3,(H,27,29)/b26-15-. The minimum Gasteiger partial charge on any atom is -0.484 e. The third-order valence-electron chi connectivity index (χ3n) is 5.04. The Labute approximate surface area is 186 Å². The van der Waals surface area contributed by atoms with Crippen LogP contribution in [0, 0.1) is 0 Å². The molecule has 0 spiro atoms. The van der Waals surface area contributed by atoms with Crippen molar-refractivity contribution in [1.29, 1.82) is 0 Å². The van der Waals surface area contributed by atoms with Gasteiger partial charge < -0.3 is 9.64 Å². The summed E-state index contributed by atoms with van der Waals surface area (Å²) in [4.78, 5) is 14.4. The molecule has 30 heavy (non-hydrogen) atoms. The number of hydrogen-bond acceptors (Lipinski definition) is 4. The van der Waals surface area contributed by atoms with E-state index in [0.29, 0.717) is 5.75 Å². The van der Waals surface area contributed by atoms with Gasteiger partial charge in [-0.2, -0.15) is 5.10 Å². The van der Waals surface area contributed by atoms with E-state index in [1.807, 2.05) is 18.2 Å². The Hall–Kier alpha value is -2.60. The summed E-state index contributed by atoms with van der Waals surface area (Å²) < 4.78 is 6.41. The zero-order valence-corrected chi connectivity index (χ0v) is 19.5. The molecule has 0 unspecified atom stereocenters. The lowest BCUT2D eigenvalue weighted by atomic mass is 9.88. The molecule has 0 aliphatic carbocycles. The number of carbonyl (C=O) groups is 1. The number of halogens is 1. The van der Waals surface area contributed by atoms with E-state index in [4.69, 9.17) is 4.74 Å². The molecule has 0 saturated carbocycles. The summed E-state index contributed by atoms with van der Waals surface area (Å²) in [6.07, 6.45) is 5.06. The molecule has 3 rings (SSSR count). The smallest absolute Gasteiger partial charge is 0.277 e. The molecule has 0 radical (unpaired) electrons. The van der Waals surface area contributed by atoms with Crippen molar-refractivity contribution in [2.24, 2.45) is 5.10 Å². The van der Waals surface area contributed by atoms with Crippen molar-refractivity contribution in [1.82, 2.24) is 5.43 Å². The molecule has 158 valence electrons. The van der Waals surface area contributed by atoms with E-state index >= 15 is 0 Å². The van der Waals surface area contributed by atoms with Gasteiger partial charge in [-0.15, -0.1) is 0 Å². The summed E-state index contributed by atoms with van der Waals surface area (Å²) in [6, 6.07) is 13.6.